The van der Waals surface area contributed by atoms with Crippen LogP contribution in [0.5, 0.6) is 0 Å². The number of aromatic nitrogens is 3. The zero-order chi connectivity index (χ0) is 23.8. The lowest BCUT2D eigenvalue weighted by Gasteiger charge is -2.20. The maximum absolute atomic E-state index is 14.3. The van der Waals surface area contributed by atoms with Crippen LogP contribution in [0.2, 0.25) is 0 Å². The maximum Gasteiger partial charge on any atom is 0.233 e. The molecule has 34 heavy (non-hydrogen) atoms. The number of benzene rings is 3. The molecule has 0 aliphatic rings. The molecule has 8 heteroatoms. The topological polar surface area (TPSA) is 51.0 Å². The minimum atomic E-state index is -0.738. The van der Waals surface area contributed by atoms with E-state index in [1.54, 1.807) is 4.90 Å². The van der Waals surface area contributed by atoms with E-state index in [1.807, 2.05) is 67.1 Å². The second-order valence-corrected chi connectivity index (χ2v) is 9.29. The van der Waals surface area contributed by atoms with E-state index in [-0.39, 0.29) is 17.8 Å². The van der Waals surface area contributed by atoms with Crippen LogP contribution in [0.15, 0.2) is 60.7 Å². The van der Waals surface area contributed by atoms with Gasteiger partial charge in [-0.3, -0.25) is 14.4 Å². The summed E-state index contributed by atoms with van der Waals surface area (Å²) in [5.41, 5.74) is 2.81. The highest BCUT2D eigenvalue weighted by molar-refractivity contribution is 7.22. The summed E-state index contributed by atoms with van der Waals surface area (Å²) in [6.45, 7) is 4.63. The van der Waals surface area contributed by atoms with E-state index in [1.165, 1.54) is 6.07 Å². The van der Waals surface area contributed by atoms with Crippen LogP contribution in [0, 0.1) is 25.5 Å². The van der Waals surface area contributed by atoms with Gasteiger partial charge in [-0.2, -0.15) is 5.10 Å². The zero-order valence-corrected chi connectivity index (χ0v) is 19.6. The quantitative estimate of drug-likeness (QED) is 0.310. The number of hydrogen-bond donors (Lipinski definition) is 0. The molecule has 0 aliphatic heterocycles. The molecule has 5 rings (SSSR count). The largest absolute Gasteiger partial charge is 0.286 e. The van der Waals surface area contributed by atoms with Gasteiger partial charge in [-0.1, -0.05) is 53.8 Å². The van der Waals surface area contributed by atoms with Gasteiger partial charge in [-0.05, 0) is 42.3 Å². The predicted octanol–water partition coefficient (Wildman–Crippen LogP) is 5.82. The van der Waals surface area contributed by atoms with Gasteiger partial charge in [0.15, 0.2) is 10.9 Å². The highest BCUT2D eigenvalue weighted by atomic mass is 32.1. The van der Waals surface area contributed by atoms with Crippen molar-refractivity contribution in [2.24, 2.45) is 0 Å². The third kappa shape index (κ3) is 4.41. The third-order valence-electron chi connectivity index (χ3n) is 5.74. The maximum atomic E-state index is 14.3. The van der Waals surface area contributed by atoms with Crippen LogP contribution in [0.1, 0.15) is 17.0 Å². The van der Waals surface area contributed by atoms with Gasteiger partial charge in [-0.15, -0.1) is 0 Å². The number of rotatable bonds is 6. The molecule has 0 fully saturated rings. The minimum absolute atomic E-state index is 0.0658. The highest BCUT2D eigenvalue weighted by Gasteiger charge is 2.22. The average molecular weight is 477 g/mol. The summed E-state index contributed by atoms with van der Waals surface area (Å²) in [5.74, 6) is -1.58. The van der Waals surface area contributed by atoms with Crippen molar-refractivity contribution in [3.8, 4) is 0 Å². The standard InChI is InChI=1S/C26H22F2N4OS/c1-16-11-17(2)32(30-16)10-9-31(26-29-25-22(28)14-21(27)15-23(25)34-26)24(33)13-18-7-8-19-5-3-4-6-20(19)12-18/h3-8,11-12,14-15H,9-10,13H2,1-2H3. The molecular weight excluding hydrogens is 454 g/mol. The molecule has 5 aromatic rings. The summed E-state index contributed by atoms with van der Waals surface area (Å²) in [4.78, 5) is 19.4. The van der Waals surface area contributed by atoms with Gasteiger partial charge in [0.25, 0.3) is 0 Å². The fourth-order valence-electron chi connectivity index (χ4n) is 4.10. The Kier molecular flexibility index (Phi) is 5.83. The second-order valence-electron chi connectivity index (χ2n) is 8.28. The van der Waals surface area contributed by atoms with Crippen LogP contribution in [-0.4, -0.2) is 27.2 Å². The monoisotopic (exact) mass is 476 g/mol. The van der Waals surface area contributed by atoms with E-state index in [4.69, 9.17) is 0 Å². The average Bonchev–Trinajstić information content (AvgIpc) is 3.36. The summed E-state index contributed by atoms with van der Waals surface area (Å²) in [6, 6.07) is 17.9. The SMILES string of the molecule is Cc1cc(C)n(CCN(C(=O)Cc2ccc3ccccc3c2)c2nc3c(F)cc(F)cc3s2)n1. The highest BCUT2D eigenvalue weighted by Crippen LogP contribution is 2.31. The summed E-state index contributed by atoms with van der Waals surface area (Å²) in [5, 5.41) is 6.97. The van der Waals surface area contributed by atoms with E-state index in [2.05, 4.69) is 10.1 Å². The Morgan fingerprint density at radius 3 is 2.59 bits per heavy atom. The number of nitrogens with zero attached hydrogens (tertiary/aromatic N) is 4. The molecule has 0 spiro atoms. The lowest BCUT2D eigenvalue weighted by Crippen LogP contribution is -2.35. The smallest absolute Gasteiger partial charge is 0.233 e. The van der Waals surface area contributed by atoms with E-state index in [0.29, 0.717) is 22.9 Å². The van der Waals surface area contributed by atoms with Crippen molar-refractivity contribution in [3.63, 3.8) is 0 Å². The molecule has 0 N–H and O–H groups in total. The summed E-state index contributed by atoms with van der Waals surface area (Å²) in [6.07, 6.45) is 0.161. The number of carbonyl (C=O) groups is 1. The first-order valence-electron chi connectivity index (χ1n) is 10.9. The molecule has 0 radical (unpaired) electrons. The van der Waals surface area contributed by atoms with Gasteiger partial charge < -0.3 is 0 Å². The van der Waals surface area contributed by atoms with Crippen LogP contribution < -0.4 is 4.90 Å². The second kappa shape index (κ2) is 8.95. The first-order valence-corrected chi connectivity index (χ1v) is 11.7. The van der Waals surface area contributed by atoms with E-state index < -0.39 is 11.6 Å². The van der Waals surface area contributed by atoms with Crippen LogP contribution in [-0.2, 0) is 17.8 Å². The number of fused-ring (bicyclic) bond motifs is 2. The van der Waals surface area contributed by atoms with Gasteiger partial charge in [0.05, 0.1) is 23.4 Å². The van der Waals surface area contributed by atoms with Gasteiger partial charge in [-0.25, -0.2) is 13.8 Å². The number of amides is 1. The van der Waals surface area contributed by atoms with Crippen molar-refractivity contribution >= 4 is 43.4 Å². The third-order valence-corrected chi connectivity index (χ3v) is 6.77. The van der Waals surface area contributed by atoms with E-state index in [0.717, 1.165) is 45.1 Å². The lowest BCUT2D eigenvalue weighted by molar-refractivity contribution is -0.118. The molecule has 172 valence electrons. The molecule has 5 nitrogen and oxygen atoms in total. The van der Waals surface area contributed by atoms with Crippen molar-refractivity contribution < 1.29 is 13.6 Å². The van der Waals surface area contributed by atoms with Gasteiger partial charge in [0.1, 0.15) is 11.3 Å². The number of anilines is 1. The van der Waals surface area contributed by atoms with Gasteiger partial charge in [0.2, 0.25) is 5.91 Å². The normalized spacial score (nSPS) is 11.4. The molecule has 2 heterocycles. The Morgan fingerprint density at radius 1 is 1.03 bits per heavy atom. The van der Waals surface area contributed by atoms with E-state index >= 15 is 0 Å². The molecular formula is C26H22F2N4OS. The first-order chi connectivity index (χ1) is 16.4. The van der Waals surface area contributed by atoms with Crippen molar-refractivity contribution in [1.29, 1.82) is 0 Å². The number of carbonyl (C=O) groups excluding carboxylic acids is 1. The Bertz CT molecular complexity index is 1520. The van der Waals surface area contributed by atoms with Gasteiger partial charge in [0, 0.05) is 18.3 Å². The minimum Gasteiger partial charge on any atom is -0.286 e. The molecule has 0 aliphatic carbocycles. The van der Waals surface area contributed by atoms with Crippen LogP contribution in [0.4, 0.5) is 13.9 Å². The fourth-order valence-corrected chi connectivity index (χ4v) is 5.15. The van der Waals surface area contributed by atoms with Crippen molar-refractivity contribution in [3.05, 3.63) is 89.2 Å². The summed E-state index contributed by atoms with van der Waals surface area (Å²) < 4.78 is 30.3. The predicted molar refractivity (Wildman–Crippen MR) is 131 cm³/mol. The lowest BCUT2D eigenvalue weighted by atomic mass is 10.0. The molecule has 2 aromatic heterocycles. The molecule has 0 bridgehead atoms. The molecule has 1 amide bonds. The molecule has 0 unspecified atom stereocenters. The Labute approximate surface area is 199 Å². The number of halogens is 2. The first kappa shape index (κ1) is 22.2. The Morgan fingerprint density at radius 2 is 1.82 bits per heavy atom. The van der Waals surface area contributed by atoms with Gasteiger partial charge >= 0.3 is 0 Å². The van der Waals surface area contributed by atoms with E-state index in [9.17, 15) is 13.6 Å². The Hall–Kier alpha value is -3.65. The molecule has 0 atom stereocenters. The number of hydrogen-bond acceptors (Lipinski definition) is 4. The fraction of sp³-hybridized carbons (Fsp3) is 0.192. The Balaban J connectivity index is 1.47. The van der Waals surface area contributed by atoms with Crippen LogP contribution >= 0.6 is 11.3 Å². The molecule has 0 saturated carbocycles. The van der Waals surface area contributed by atoms with Crippen LogP contribution in [0.25, 0.3) is 21.0 Å². The summed E-state index contributed by atoms with van der Waals surface area (Å²) in [7, 11) is 0. The summed E-state index contributed by atoms with van der Waals surface area (Å²) >= 11 is 1.10. The van der Waals surface area contributed by atoms with Crippen molar-refractivity contribution in [1.82, 2.24) is 14.8 Å². The number of aryl methyl sites for hydroxylation is 2. The molecule has 3 aromatic carbocycles. The number of thiazole rings is 1. The zero-order valence-electron chi connectivity index (χ0n) is 18.8. The van der Waals surface area contributed by atoms with Crippen molar-refractivity contribution in [2.75, 3.05) is 11.4 Å². The molecule has 0 saturated heterocycles. The van der Waals surface area contributed by atoms with Crippen LogP contribution in [0.3, 0.4) is 0 Å². The van der Waals surface area contributed by atoms with Crippen molar-refractivity contribution in [2.45, 2.75) is 26.8 Å².